The molecule has 0 aromatic carbocycles. The minimum Gasteiger partial charge on any atom is -0.387 e. The molecule has 0 atom stereocenters. The van der Waals surface area contributed by atoms with E-state index in [1.54, 1.807) is 17.5 Å². The summed E-state index contributed by atoms with van der Waals surface area (Å²) in [6, 6.07) is 2.03. The molecule has 84 valence electrons. The average molecular weight is 234 g/mol. The van der Waals surface area contributed by atoms with Gasteiger partial charge >= 0.3 is 0 Å². The number of anilines is 2. The molecule has 0 amide bonds. The van der Waals surface area contributed by atoms with E-state index in [1.165, 1.54) is 4.88 Å². The normalized spacial score (nSPS) is 10.1. The Bertz CT molecular complexity index is 467. The molecule has 0 spiro atoms. The molecule has 0 radical (unpaired) electrons. The maximum Gasteiger partial charge on any atom is 0.0798 e. The fourth-order valence-electron chi connectivity index (χ4n) is 1.35. The number of aromatic nitrogens is 2. The molecular weight excluding hydrogens is 220 g/mol. The maximum atomic E-state index is 4.21. The smallest absolute Gasteiger partial charge is 0.0798 e. The quantitative estimate of drug-likeness (QED) is 0.853. The highest BCUT2D eigenvalue weighted by Gasteiger charge is 2.01. The van der Waals surface area contributed by atoms with Gasteiger partial charge in [0.15, 0.2) is 0 Å². The first-order chi connectivity index (χ1) is 7.79. The van der Waals surface area contributed by atoms with Crippen LogP contribution in [0.4, 0.5) is 11.4 Å². The Balaban J connectivity index is 2.02. The van der Waals surface area contributed by atoms with Crippen LogP contribution in [0.1, 0.15) is 10.6 Å². The standard InChI is InChI=1S/C11H14N4S/c1-8-11(16-7-15-8)6-14-10-3-9(12-2)4-13-5-10/h3-5,7,12,14H,6H2,1-2H3. The monoisotopic (exact) mass is 234 g/mol. The van der Waals surface area contributed by atoms with Crippen molar-refractivity contribution in [3.8, 4) is 0 Å². The van der Waals surface area contributed by atoms with Crippen LogP contribution in [0.25, 0.3) is 0 Å². The second-order valence-corrected chi connectivity index (χ2v) is 4.37. The predicted octanol–water partition coefficient (Wildman–Crippen LogP) is 2.50. The third-order valence-corrected chi connectivity index (χ3v) is 3.26. The van der Waals surface area contributed by atoms with Gasteiger partial charge in [-0.3, -0.25) is 4.98 Å². The topological polar surface area (TPSA) is 49.8 Å². The zero-order valence-corrected chi connectivity index (χ0v) is 10.1. The van der Waals surface area contributed by atoms with Crippen LogP contribution in [0.3, 0.4) is 0 Å². The Kier molecular flexibility index (Phi) is 3.36. The van der Waals surface area contributed by atoms with E-state index in [-0.39, 0.29) is 0 Å². The molecule has 0 fully saturated rings. The van der Waals surface area contributed by atoms with Crippen LogP contribution in [-0.2, 0) is 6.54 Å². The van der Waals surface area contributed by atoms with Crippen molar-refractivity contribution in [2.24, 2.45) is 0 Å². The van der Waals surface area contributed by atoms with Gasteiger partial charge in [-0.1, -0.05) is 0 Å². The summed E-state index contributed by atoms with van der Waals surface area (Å²) in [4.78, 5) is 9.61. The van der Waals surface area contributed by atoms with E-state index in [0.29, 0.717) is 0 Å². The number of nitrogens with zero attached hydrogens (tertiary/aromatic N) is 2. The first kappa shape index (κ1) is 10.9. The van der Waals surface area contributed by atoms with Crippen molar-refractivity contribution < 1.29 is 0 Å². The highest BCUT2D eigenvalue weighted by molar-refractivity contribution is 7.09. The second-order valence-electron chi connectivity index (χ2n) is 3.43. The molecule has 2 aromatic heterocycles. The molecule has 0 saturated carbocycles. The van der Waals surface area contributed by atoms with Crippen molar-refractivity contribution in [1.82, 2.24) is 9.97 Å². The minimum absolute atomic E-state index is 0.797. The van der Waals surface area contributed by atoms with Gasteiger partial charge in [-0.15, -0.1) is 11.3 Å². The van der Waals surface area contributed by atoms with Crippen molar-refractivity contribution in [2.45, 2.75) is 13.5 Å². The van der Waals surface area contributed by atoms with Gasteiger partial charge in [-0.05, 0) is 13.0 Å². The highest BCUT2D eigenvalue weighted by atomic mass is 32.1. The summed E-state index contributed by atoms with van der Waals surface area (Å²) in [5.41, 5.74) is 4.98. The molecule has 2 N–H and O–H groups in total. The van der Waals surface area contributed by atoms with E-state index in [9.17, 15) is 0 Å². The lowest BCUT2D eigenvalue weighted by Gasteiger charge is -2.06. The van der Waals surface area contributed by atoms with E-state index in [2.05, 4.69) is 20.6 Å². The van der Waals surface area contributed by atoms with Crippen LogP contribution in [0.5, 0.6) is 0 Å². The third-order valence-electron chi connectivity index (χ3n) is 2.32. The van der Waals surface area contributed by atoms with Crippen LogP contribution in [0.2, 0.25) is 0 Å². The number of hydrogen-bond acceptors (Lipinski definition) is 5. The van der Waals surface area contributed by atoms with Crippen LogP contribution in [0.15, 0.2) is 24.0 Å². The zero-order chi connectivity index (χ0) is 11.4. The molecule has 0 bridgehead atoms. The van der Waals surface area contributed by atoms with E-state index >= 15 is 0 Å². The van der Waals surface area contributed by atoms with E-state index < -0.39 is 0 Å². The van der Waals surface area contributed by atoms with Crippen molar-refractivity contribution in [3.63, 3.8) is 0 Å². The zero-order valence-electron chi connectivity index (χ0n) is 9.32. The lowest BCUT2D eigenvalue weighted by atomic mass is 10.3. The van der Waals surface area contributed by atoms with E-state index in [1.807, 2.05) is 31.7 Å². The number of hydrogen-bond donors (Lipinski definition) is 2. The van der Waals surface area contributed by atoms with Gasteiger partial charge in [-0.25, -0.2) is 4.98 Å². The summed E-state index contributed by atoms with van der Waals surface area (Å²) in [6.07, 6.45) is 3.61. The first-order valence-corrected chi connectivity index (χ1v) is 5.93. The number of rotatable bonds is 4. The number of aryl methyl sites for hydroxylation is 1. The SMILES string of the molecule is CNc1cncc(NCc2scnc2C)c1. The molecule has 0 aliphatic carbocycles. The molecule has 2 rings (SSSR count). The molecule has 0 unspecified atom stereocenters. The van der Waals surface area contributed by atoms with Gasteiger partial charge in [0.05, 0.1) is 41.5 Å². The maximum absolute atomic E-state index is 4.21. The summed E-state index contributed by atoms with van der Waals surface area (Å²) in [5.74, 6) is 0. The summed E-state index contributed by atoms with van der Waals surface area (Å²) < 4.78 is 0. The molecule has 2 heterocycles. The molecule has 0 aliphatic rings. The Labute approximate surface area is 98.8 Å². The molecule has 2 aromatic rings. The van der Waals surface area contributed by atoms with Gasteiger partial charge in [0.2, 0.25) is 0 Å². The van der Waals surface area contributed by atoms with Crippen LogP contribution >= 0.6 is 11.3 Å². The summed E-state index contributed by atoms with van der Waals surface area (Å²) in [5, 5.41) is 6.39. The van der Waals surface area contributed by atoms with Crippen LogP contribution < -0.4 is 10.6 Å². The molecular formula is C11H14N4S. The molecule has 0 saturated heterocycles. The fourth-order valence-corrected chi connectivity index (χ4v) is 2.07. The number of pyridine rings is 1. The van der Waals surface area contributed by atoms with Crippen molar-refractivity contribution >= 4 is 22.7 Å². The Hall–Kier alpha value is -1.62. The third kappa shape index (κ3) is 2.49. The van der Waals surface area contributed by atoms with Gasteiger partial charge in [0.25, 0.3) is 0 Å². The van der Waals surface area contributed by atoms with Crippen LogP contribution in [0, 0.1) is 6.92 Å². The minimum atomic E-state index is 0.797. The predicted molar refractivity (Wildman–Crippen MR) is 68.0 cm³/mol. The summed E-state index contributed by atoms with van der Waals surface area (Å²) >= 11 is 1.67. The Morgan fingerprint density at radius 3 is 2.81 bits per heavy atom. The summed E-state index contributed by atoms with van der Waals surface area (Å²) in [6.45, 7) is 2.82. The first-order valence-electron chi connectivity index (χ1n) is 5.05. The Morgan fingerprint density at radius 1 is 1.31 bits per heavy atom. The van der Waals surface area contributed by atoms with Crippen molar-refractivity contribution in [3.05, 3.63) is 34.5 Å². The average Bonchev–Trinajstić information content (AvgIpc) is 2.72. The molecule has 0 aliphatic heterocycles. The van der Waals surface area contributed by atoms with Crippen molar-refractivity contribution in [2.75, 3.05) is 17.7 Å². The molecule has 16 heavy (non-hydrogen) atoms. The Morgan fingerprint density at radius 2 is 2.12 bits per heavy atom. The van der Waals surface area contributed by atoms with Gasteiger partial charge in [0, 0.05) is 11.9 Å². The summed E-state index contributed by atoms with van der Waals surface area (Å²) in [7, 11) is 1.88. The molecule has 5 heteroatoms. The lowest BCUT2D eigenvalue weighted by Crippen LogP contribution is -2.00. The molecule has 4 nitrogen and oxygen atoms in total. The van der Waals surface area contributed by atoms with Crippen molar-refractivity contribution in [1.29, 1.82) is 0 Å². The second kappa shape index (κ2) is 4.94. The van der Waals surface area contributed by atoms with Gasteiger partial charge in [0.1, 0.15) is 0 Å². The van der Waals surface area contributed by atoms with Crippen LogP contribution in [-0.4, -0.2) is 17.0 Å². The number of nitrogens with one attached hydrogen (secondary N) is 2. The highest BCUT2D eigenvalue weighted by Crippen LogP contribution is 2.16. The lowest BCUT2D eigenvalue weighted by molar-refractivity contribution is 1.11. The fraction of sp³-hybridized carbons (Fsp3) is 0.273. The van der Waals surface area contributed by atoms with Gasteiger partial charge < -0.3 is 10.6 Å². The van der Waals surface area contributed by atoms with E-state index in [0.717, 1.165) is 23.6 Å². The van der Waals surface area contributed by atoms with Gasteiger partial charge in [-0.2, -0.15) is 0 Å². The van der Waals surface area contributed by atoms with E-state index in [4.69, 9.17) is 0 Å². The number of thiazole rings is 1. The largest absolute Gasteiger partial charge is 0.387 e.